The predicted octanol–water partition coefficient (Wildman–Crippen LogP) is 4.98. The Bertz CT molecular complexity index is 807. The number of nitrogens with one attached hydrogen (secondary N) is 2. The van der Waals surface area contributed by atoms with Crippen LogP contribution in [0.25, 0.3) is 11.0 Å². The molecular formula is C21H24N2O3. The highest BCUT2D eigenvalue weighted by atomic mass is 16.5. The summed E-state index contributed by atoms with van der Waals surface area (Å²) in [6.45, 7) is 3.35. The van der Waals surface area contributed by atoms with E-state index in [2.05, 4.69) is 17.6 Å². The molecule has 0 fully saturated rings. The van der Waals surface area contributed by atoms with Gasteiger partial charge in [0.1, 0.15) is 17.1 Å². The first kappa shape index (κ1) is 17.9. The van der Waals surface area contributed by atoms with Crippen LogP contribution in [0, 0.1) is 0 Å². The van der Waals surface area contributed by atoms with Crippen molar-refractivity contribution >= 4 is 22.7 Å². The number of hydrogen-bond donors (Lipinski definition) is 2. The molecule has 3 rings (SSSR count). The number of para-hydroxylation sites is 1. The van der Waals surface area contributed by atoms with E-state index in [9.17, 15) is 4.79 Å². The van der Waals surface area contributed by atoms with Crippen LogP contribution < -0.4 is 15.4 Å². The SMILES string of the molecule is CCCCOc1ccc(NC(=O)NCCc2cc3ccccc3o2)cc1. The van der Waals surface area contributed by atoms with E-state index in [-0.39, 0.29) is 6.03 Å². The van der Waals surface area contributed by atoms with Gasteiger partial charge >= 0.3 is 6.03 Å². The standard InChI is InChI=1S/C21H24N2O3/c1-2-3-14-25-18-10-8-17(9-11-18)23-21(24)22-13-12-19-15-16-6-4-5-7-20(16)26-19/h4-11,15H,2-3,12-14H2,1H3,(H2,22,23,24). The van der Waals surface area contributed by atoms with Crippen LogP contribution in [0.4, 0.5) is 10.5 Å². The summed E-state index contributed by atoms with van der Waals surface area (Å²) in [6.07, 6.45) is 2.79. The molecule has 0 radical (unpaired) electrons. The molecule has 2 amide bonds. The third kappa shape index (κ3) is 5.02. The Hall–Kier alpha value is -2.95. The van der Waals surface area contributed by atoms with E-state index in [1.807, 2.05) is 54.6 Å². The van der Waals surface area contributed by atoms with Crippen molar-refractivity contribution in [2.24, 2.45) is 0 Å². The van der Waals surface area contributed by atoms with Crippen LogP contribution >= 0.6 is 0 Å². The summed E-state index contributed by atoms with van der Waals surface area (Å²) >= 11 is 0. The minimum atomic E-state index is -0.235. The molecule has 0 saturated heterocycles. The lowest BCUT2D eigenvalue weighted by Crippen LogP contribution is -2.30. The number of rotatable bonds is 8. The maximum absolute atomic E-state index is 12.0. The van der Waals surface area contributed by atoms with Crippen LogP contribution in [0.5, 0.6) is 5.75 Å². The fourth-order valence-corrected chi connectivity index (χ4v) is 2.60. The van der Waals surface area contributed by atoms with Gasteiger partial charge in [0.2, 0.25) is 0 Å². The number of urea groups is 1. The molecule has 5 nitrogen and oxygen atoms in total. The van der Waals surface area contributed by atoms with Gasteiger partial charge in [0.05, 0.1) is 6.61 Å². The molecule has 2 aromatic carbocycles. The molecule has 0 aliphatic heterocycles. The average Bonchev–Trinajstić information content (AvgIpc) is 3.06. The molecule has 0 bridgehead atoms. The zero-order valence-electron chi connectivity index (χ0n) is 15.0. The van der Waals surface area contributed by atoms with Crippen LogP contribution in [0.3, 0.4) is 0 Å². The van der Waals surface area contributed by atoms with Crippen molar-refractivity contribution in [1.29, 1.82) is 0 Å². The topological polar surface area (TPSA) is 63.5 Å². The summed E-state index contributed by atoms with van der Waals surface area (Å²) in [4.78, 5) is 12.0. The Morgan fingerprint density at radius 2 is 1.92 bits per heavy atom. The fourth-order valence-electron chi connectivity index (χ4n) is 2.60. The maximum atomic E-state index is 12.0. The van der Waals surface area contributed by atoms with Gasteiger partial charge in [0.25, 0.3) is 0 Å². The second-order valence-electron chi connectivity index (χ2n) is 6.11. The lowest BCUT2D eigenvalue weighted by atomic mass is 10.2. The van der Waals surface area contributed by atoms with Gasteiger partial charge < -0.3 is 19.8 Å². The van der Waals surface area contributed by atoms with E-state index in [0.29, 0.717) is 19.6 Å². The molecule has 1 heterocycles. The maximum Gasteiger partial charge on any atom is 0.319 e. The van der Waals surface area contributed by atoms with Crippen molar-refractivity contribution in [1.82, 2.24) is 5.32 Å². The Morgan fingerprint density at radius 1 is 1.12 bits per heavy atom. The highest BCUT2D eigenvalue weighted by molar-refractivity contribution is 5.89. The van der Waals surface area contributed by atoms with E-state index < -0.39 is 0 Å². The smallest absolute Gasteiger partial charge is 0.319 e. The van der Waals surface area contributed by atoms with Crippen molar-refractivity contribution in [2.75, 3.05) is 18.5 Å². The first-order valence-electron chi connectivity index (χ1n) is 9.00. The number of carbonyl (C=O) groups excluding carboxylic acids is 1. The number of carbonyl (C=O) groups is 1. The Balaban J connectivity index is 1.42. The van der Waals surface area contributed by atoms with Gasteiger partial charge in [-0.3, -0.25) is 0 Å². The monoisotopic (exact) mass is 352 g/mol. The van der Waals surface area contributed by atoms with Crippen LogP contribution in [0.15, 0.2) is 59.0 Å². The molecule has 2 N–H and O–H groups in total. The number of hydrogen-bond acceptors (Lipinski definition) is 3. The second-order valence-corrected chi connectivity index (χ2v) is 6.11. The Morgan fingerprint density at radius 3 is 2.69 bits per heavy atom. The first-order valence-corrected chi connectivity index (χ1v) is 9.00. The number of anilines is 1. The summed E-state index contributed by atoms with van der Waals surface area (Å²) in [5, 5.41) is 6.73. The van der Waals surface area contributed by atoms with Gasteiger partial charge in [0.15, 0.2) is 0 Å². The van der Waals surface area contributed by atoms with E-state index >= 15 is 0 Å². The minimum absolute atomic E-state index is 0.235. The number of furan rings is 1. The lowest BCUT2D eigenvalue weighted by molar-refractivity contribution is 0.252. The molecule has 0 saturated carbocycles. The number of amides is 2. The van der Waals surface area contributed by atoms with Gasteiger partial charge in [-0.25, -0.2) is 4.79 Å². The van der Waals surface area contributed by atoms with Gasteiger partial charge in [0, 0.05) is 24.0 Å². The quantitative estimate of drug-likeness (QED) is 0.562. The zero-order chi connectivity index (χ0) is 18.2. The summed E-state index contributed by atoms with van der Waals surface area (Å²) in [5.41, 5.74) is 1.60. The third-order valence-electron chi connectivity index (χ3n) is 4.01. The average molecular weight is 352 g/mol. The molecule has 0 atom stereocenters. The summed E-state index contributed by atoms with van der Waals surface area (Å²) < 4.78 is 11.3. The van der Waals surface area contributed by atoms with Crippen LogP contribution in [-0.4, -0.2) is 19.2 Å². The van der Waals surface area contributed by atoms with Crippen LogP contribution in [0.1, 0.15) is 25.5 Å². The van der Waals surface area contributed by atoms with Crippen molar-refractivity contribution in [3.8, 4) is 5.75 Å². The zero-order valence-corrected chi connectivity index (χ0v) is 15.0. The normalized spacial score (nSPS) is 10.7. The number of benzene rings is 2. The molecule has 0 aliphatic carbocycles. The lowest BCUT2D eigenvalue weighted by Gasteiger charge is -2.09. The predicted molar refractivity (Wildman–Crippen MR) is 104 cm³/mol. The van der Waals surface area contributed by atoms with Crippen LogP contribution in [0.2, 0.25) is 0 Å². The summed E-state index contributed by atoms with van der Waals surface area (Å²) in [5.74, 6) is 1.68. The number of unbranched alkanes of at least 4 members (excludes halogenated alkanes) is 1. The van der Waals surface area contributed by atoms with Gasteiger partial charge in [-0.15, -0.1) is 0 Å². The molecule has 5 heteroatoms. The second kappa shape index (κ2) is 8.94. The largest absolute Gasteiger partial charge is 0.494 e. The van der Waals surface area contributed by atoms with Gasteiger partial charge in [-0.05, 0) is 42.8 Å². The molecule has 0 spiro atoms. The van der Waals surface area contributed by atoms with E-state index in [4.69, 9.17) is 9.15 Å². The molecule has 0 aliphatic rings. The first-order chi connectivity index (χ1) is 12.7. The third-order valence-corrected chi connectivity index (χ3v) is 4.01. The molecule has 1 aromatic heterocycles. The molecular weight excluding hydrogens is 328 g/mol. The van der Waals surface area contributed by atoms with Gasteiger partial charge in [-0.1, -0.05) is 31.5 Å². The fraction of sp³-hybridized carbons (Fsp3) is 0.286. The molecule has 26 heavy (non-hydrogen) atoms. The Labute approximate surface area is 153 Å². The van der Waals surface area contributed by atoms with Crippen molar-refractivity contribution < 1.29 is 13.9 Å². The van der Waals surface area contributed by atoms with Crippen molar-refractivity contribution in [3.63, 3.8) is 0 Å². The highest BCUT2D eigenvalue weighted by Crippen LogP contribution is 2.19. The minimum Gasteiger partial charge on any atom is -0.494 e. The molecule has 136 valence electrons. The van der Waals surface area contributed by atoms with E-state index in [1.54, 1.807) is 0 Å². The molecule has 0 unspecified atom stereocenters. The number of fused-ring (bicyclic) bond motifs is 1. The summed E-state index contributed by atoms with van der Waals surface area (Å²) in [7, 11) is 0. The molecule has 3 aromatic rings. The number of ether oxygens (including phenoxy) is 1. The van der Waals surface area contributed by atoms with Crippen molar-refractivity contribution in [3.05, 3.63) is 60.4 Å². The Kier molecular flexibility index (Phi) is 6.14. The highest BCUT2D eigenvalue weighted by Gasteiger charge is 2.05. The van der Waals surface area contributed by atoms with Crippen molar-refractivity contribution in [2.45, 2.75) is 26.2 Å². The summed E-state index contributed by atoms with van der Waals surface area (Å²) in [6, 6.07) is 17.0. The van der Waals surface area contributed by atoms with Crippen LogP contribution in [-0.2, 0) is 6.42 Å². The van der Waals surface area contributed by atoms with E-state index in [0.717, 1.165) is 41.0 Å². The van der Waals surface area contributed by atoms with Gasteiger partial charge in [-0.2, -0.15) is 0 Å². The van der Waals surface area contributed by atoms with E-state index in [1.165, 1.54) is 0 Å².